The Kier molecular flexibility index (Phi) is 6.60. The van der Waals surface area contributed by atoms with Gasteiger partial charge in [0.1, 0.15) is 5.82 Å². The van der Waals surface area contributed by atoms with Crippen LogP contribution in [0.4, 0.5) is 5.69 Å². The first kappa shape index (κ1) is 22.3. The first-order valence-corrected chi connectivity index (χ1v) is 12.6. The second kappa shape index (κ2) is 9.77. The van der Waals surface area contributed by atoms with Crippen LogP contribution >= 0.6 is 15.9 Å². The number of aryl methyl sites for hydroxylation is 1. The summed E-state index contributed by atoms with van der Waals surface area (Å²) in [5.41, 5.74) is 3.96. The summed E-state index contributed by atoms with van der Waals surface area (Å²) in [7, 11) is 0. The van der Waals surface area contributed by atoms with Crippen molar-refractivity contribution in [3.05, 3.63) is 68.2 Å². The van der Waals surface area contributed by atoms with E-state index in [1.54, 1.807) is 10.9 Å². The van der Waals surface area contributed by atoms with Gasteiger partial charge in [-0.2, -0.15) is 9.78 Å². The van der Waals surface area contributed by atoms with Crippen LogP contribution in [0.25, 0.3) is 10.9 Å². The van der Waals surface area contributed by atoms with E-state index in [9.17, 15) is 4.79 Å². The molecule has 2 aromatic carbocycles. The smallest absolute Gasteiger partial charge is 0.282 e. The summed E-state index contributed by atoms with van der Waals surface area (Å²) in [6.45, 7) is 5.43. The molecule has 2 fully saturated rings. The number of anilines is 1. The standard InChI is InChI=1S/C26H29BrN4O2/c1-18-15-22(30-11-13-33-14-12-30)9-7-20(18)17-28-31-25(19-5-3-2-4-6-19)29-24-10-8-21(27)16-23(24)26(31)32/h7-10,15-17,19H,2-6,11-14H2,1H3. The molecule has 3 aromatic rings. The molecule has 0 N–H and O–H groups in total. The fraction of sp³-hybridized carbons (Fsp3) is 0.423. The van der Waals surface area contributed by atoms with E-state index in [0.717, 1.165) is 66.1 Å². The zero-order chi connectivity index (χ0) is 22.8. The van der Waals surface area contributed by atoms with Crippen LogP contribution in [0.1, 0.15) is 55.0 Å². The zero-order valence-electron chi connectivity index (χ0n) is 19.0. The van der Waals surface area contributed by atoms with Gasteiger partial charge in [-0.25, -0.2) is 4.98 Å². The maximum absolute atomic E-state index is 13.5. The van der Waals surface area contributed by atoms with Crippen molar-refractivity contribution in [2.75, 3.05) is 31.2 Å². The summed E-state index contributed by atoms with van der Waals surface area (Å²) in [6, 6.07) is 12.1. The van der Waals surface area contributed by atoms with Crippen molar-refractivity contribution in [1.82, 2.24) is 9.66 Å². The average Bonchev–Trinajstić information content (AvgIpc) is 2.85. The number of aromatic nitrogens is 2. The molecule has 0 amide bonds. The Hall–Kier alpha value is -2.51. The van der Waals surface area contributed by atoms with Gasteiger partial charge in [0.25, 0.3) is 5.56 Å². The van der Waals surface area contributed by atoms with Crippen LogP contribution in [0, 0.1) is 6.92 Å². The lowest BCUT2D eigenvalue weighted by molar-refractivity contribution is 0.122. The van der Waals surface area contributed by atoms with Crippen molar-refractivity contribution in [2.24, 2.45) is 5.10 Å². The van der Waals surface area contributed by atoms with Crippen LogP contribution in [0.15, 0.2) is 50.8 Å². The molecule has 0 radical (unpaired) electrons. The molecule has 7 heteroatoms. The minimum Gasteiger partial charge on any atom is -0.378 e. The van der Waals surface area contributed by atoms with E-state index in [1.165, 1.54) is 24.9 Å². The molecule has 1 saturated heterocycles. The van der Waals surface area contributed by atoms with Gasteiger partial charge in [0, 0.05) is 29.2 Å². The highest BCUT2D eigenvalue weighted by atomic mass is 79.9. The van der Waals surface area contributed by atoms with E-state index < -0.39 is 0 Å². The molecule has 1 aliphatic carbocycles. The number of fused-ring (bicyclic) bond motifs is 1. The highest BCUT2D eigenvalue weighted by Crippen LogP contribution is 2.32. The lowest BCUT2D eigenvalue weighted by atomic mass is 9.88. The van der Waals surface area contributed by atoms with E-state index in [0.29, 0.717) is 5.39 Å². The van der Waals surface area contributed by atoms with Gasteiger partial charge < -0.3 is 9.64 Å². The number of hydrogen-bond acceptors (Lipinski definition) is 5. The molecule has 2 aliphatic rings. The molecule has 5 rings (SSSR count). The van der Waals surface area contributed by atoms with Crippen LogP contribution in [0.5, 0.6) is 0 Å². The van der Waals surface area contributed by atoms with E-state index in [-0.39, 0.29) is 11.5 Å². The van der Waals surface area contributed by atoms with Gasteiger partial charge in [0.2, 0.25) is 0 Å². The lowest BCUT2D eigenvalue weighted by Crippen LogP contribution is -2.36. The Bertz CT molecular complexity index is 1240. The van der Waals surface area contributed by atoms with Gasteiger partial charge in [0.05, 0.1) is 30.3 Å². The lowest BCUT2D eigenvalue weighted by Gasteiger charge is -2.29. The number of benzene rings is 2. The highest BCUT2D eigenvalue weighted by molar-refractivity contribution is 9.10. The summed E-state index contributed by atoms with van der Waals surface area (Å²) in [4.78, 5) is 20.7. The number of rotatable bonds is 4. The molecule has 0 spiro atoms. The molecule has 1 aromatic heterocycles. The van der Waals surface area contributed by atoms with Gasteiger partial charge in [-0.3, -0.25) is 4.79 Å². The summed E-state index contributed by atoms with van der Waals surface area (Å²) in [5, 5.41) is 5.29. The molecule has 172 valence electrons. The van der Waals surface area contributed by atoms with Crippen LogP contribution < -0.4 is 10.5 Å². The highest BCUT2D eigenvalue weighted by Gasteiger charge is 2.22. The molecule has 0 bridgehead atoms. The number of ether oxygens (including phenoxy) is 1. The molecule has 1 saturated carbocycles. The van der Waals surface area contributed by atoms with Gasteiger partial charge >= 0.3 is 0 Å². The molecule has 2 heterocycles. The monoisotopic (exact) mass is 508 g/mol. The minimum absolute atomic E-state index is 0.110. The van der Waals surface area contributed by atoms with Crippen molar-refractivity contribution in [3.63, 3.8) is 0 Å². The van der Waals surface area contributed by atoms with Crippen LogP contribution in [-0.2, 0) is 4.74 Å². The number of nitrogens with zero attached hydrogens (tertiary/aromatic N) is 4. The third kappa shape index (κ3) is 4.75. The number of morpholine rings is 1. The summed E-state index contributed by atoms with van der Waals surface area (Å²) in [5.74, 6) is 1.05. The SMILES string of the molecule is Cc1cc(N2CCOCC2)ccc1C=Nn1c(C2CCCCC2)nc2ccc(Br)cc2c1=O. The predicted molar refractivity (Wildman–Crippen MR) is 137 cm³/mol. The maximum atomic E-state index is 13.5. The normalized spacial score (nSPS) is 17.8. The molecule has 6 nitrogen and oxygen atoms in total. The summed E-state index contributed by atoms with van der Waals surface area (Å²) >= 11 is 3.48. The average molecular weight is 509 g/mol. The van der Waals surface area contributed by atoms with Crippen molar-refractivity contribution in [2.45, 2.75) is 44.9 Å². The van der Waals surface area contributed by atoms with Crippen molar-refractivity contribution in [3.8, 4) is 0 Å². The van der Waals surface area contributed by atoms with Crippen LogP contribution in [0.2, 0.25) is 0 Å². The molecular weight excluding hydrogens is 480 g/mol. The largest absolute Gasteiger partial charge is 0.378 e. The third-order valence-corrected chi connectivity index (χ3v) is 7.24. The van der Waals surface area contributed by atoms with Gasteiger partial charge in [0.15, 0.2) is 0 Å². The quantitative estimate of drug-likeness (QED) is 0.452. The Morgan fingerprint density at radius 3 is 2.64 bits per heavy atom. The number of halogens is 1. The van der Waals surface area contributed by atoms with E-state index >= 15 is 0 Å². The molecule has 1 aliphatic heterocycles. The second-order valence-electron chi connectivity index (χ2n) is 8.97. The second-order valence-corrected chi connectivity index (χ2v) is 9.88. The summed E-state index contributed by atoms with van der Waals surface area (Å²) < 4.78 is 7.88. The maximum Gasteiger partial charge on any atom is 0.282 e. The molecular formula is C26H29BrN4O2. The van der Waals surface area contributed by atoms with Gasteiger partial charge in [-0.1, -0.05) is 41.3 Å². The Morgan fingerprint density at radius 1 is 1.09 bits per heavy atom. The molecule has 0 unspecified atom stereocenters. The topological polar surface area (TPSA) is 59.7 Å². The van der Waals surface area contributed by atoms with Crippen molar-refractivity contribution < 1.29 is 4.74 Å². The van der Waals surface area contributed by atoms with Crippen molar-refractivity contribution in [1.29, 1.82) is 0 Å². The first-order valence-electron chi connectivity index (χ1n) is 11.8. The number of hydrogen-bond donors (Lipinski definition) is 0. The van der Waals surface area contributed by atoms with Gasteiger partial charge in [-0.15, -0.1) is 0 Å². The van der Waals surface area contributed by atoms with Crippen molar-refractivity contribution >= 4 is 38.7 Å². The molecule has 0 atom stereocenters. The zero-order valence-corrected chi connectivity index (χ0v) is 20.6. The fourth-order valence-electron chi connectivity index (χ4n) is 4.85. The minimum atomic E-state index is -0.110. The van der Waals surface area contributed by atoms with E-state index in [2.05, 4.69) is 46.0 Å². The third-order valence-electron chi connectivity index (χ3n) is 6.75. The molecule has 33 heavy (non-hydrogen) atoms. The predicted octanol–water partition coefficient (Wildman–Crippen LogP) is 5.23. The van der Waals surface area contributed by atoms with E-state index in [4.69, 9.17) is 14.8 Å². The summed E-state index contributed by atoms with van der Waals surface area (Å²) in [6.07, 6.45) is 7.50. The first-order chi connectivity index (χ1) is 16.1. The Labute approximate surface area is 202 Å². The van der Waals surface area contributed by atoms with Gasteiger partial charge in [-0.05, 0) is 61.2 Å². The van der Waals surface area contributed by atoms with Crippen LogP contribution in [0.3, 0.4) is 0 Å². The fourth-order valence-corrected chi connectivity index (χ4v) is 5.21. The Balaban J connectivity index is 1.53. The van der Waals surface area contributed by atoms with E-state index in [1.807, 2.05) is 18.2 Å². The Morgan fingerprint density at radius 2 is 1.88 bits per heavy atom. The van der Waals surface area contributed by atoms with Crippen LogP contribution in [-0.4, -0.2) is 42.2 Å².